The third kappa shape index (κ3) is 13.6. The van der Waals surface area contributed by atoms with Gasteiger partial charge in [-0.05, 0) is 78.5 Å². The van der Waals surface area contributed by atoms with E-state index < -0.39 is 8.07 Å². The molecule has 0 atom stereocenters. The minimum atomic E-state index is -1.21. The van der Waals surface area contributed by atoms with Crippen LogP contribution in [0.4, 0.5) is 0 Å². The molecule has 254 valence electrons. The van der Waals surface area contributed by atoms with Crippen LogP contribution in [0.5, 0.6) is 0 Å². The first-order valence-electron chi connectivity index (χ1n) is 16.6. The average Bonchev–Trinajstić information content (AvgIpc) is 3.10. The summed E-state index contributed by atoms with van der Waals surface area (Å²) in [5.74, 6) is 0.953. The highest BCUT2D eigenvalue weighted by molar-refractivity contribution is 9.10. The lowest BCUT2D eigenvalue weighted by Gasteiger charge is -2.17. The van der Waals surface area contributed by atoms with Gasteiger partial charge in [0.1, 0.15) is 0 Å². The van der Waals surface area contributed by atoms with Crippen molar-refractivity contribution in [1.82, 2.24) is 0 Å². The smallest absolute Gasteiger partial charge is 0.338 e. The fraction of sp³-hybridized carbons (Fsp3) is 0.316. The molecule has 0 saturated heterocycles. The van der Waals surface area contributed by atoms with Gasteiger partial charge in [-0.15, -0.1) is 23.5 Å². The number of rotatable bonds is 11. The standard InChI is InChI=1S/C20H25BrO2SSi.C16H15BrO2S.2CH4/c1-15-10-11-18(21)17(14-24-16-8-6-5-7-9-16)19(15)20(22)23-12-13-25(2,3)4;1-11-8-9-14(17)13(15(11)16(18)19-2)10-20-12-6-4-3-5-7-12;;/h5-11H,12-14H2,1-4H3;3-9H,10H2,1-2H3;2*1H4/i;;2*1T. The van der Waals surface area contributed by atoms with Gasteiger partial charge in [-0.3, -0.25) is 0 Å². The lowest BCUT2D eigenvalue weighted by atomic mass is 10.0. The molecule has 0 aliphatic heterocycles. The van der Waals surface area contributed by atoms with Crippen LogP contribution in [0.2, 0.25) is 25.7 Å². The lowest BCUT2D eigenvalue weighted by molar-refractivity contribution is 0.0522. The van der Waals surface area contributed by atoms with Crippen molar-refractivity contribution in [2.24, 2.45) is 0 Å². The molecule has 0 spiro atoms. The number of esters is 2. The lowest BCUT2D eigenvalue weighted by Crippen LogP contribution is -2.23. The number of aryl methyl sites for hydroxylation is 2. The molecule has 0 radical (unpaired) electrons. The monoisotopic (exact) mass is 822 g/mol. The van der Waals surface area contributed by atoms with E-state index in [-0.39, 0.29) is 11.9 Å². The molecule has 4 nitrogen and oxygen atoms in total. The van der Waals surface area contributed by atoms with E-state index in [2.05, 4.69) is 75.8 Å². The summed E-state index contributed by atoms with van der Waals surface area (Å²) in [5.41, 5.74) is 5.24. The molecular formula is C38H48Br2O4S2Si. The molecule has 47 heavy (non-hydrogen) atoms. The molecule has 4 aromatic rings. The van der Waals surface area contributed by atoms with Crippen LogP contribution >= 0.6 is 55.4 Å². The SMILES string of the molecule is COC(=O)c1c(C)ccc(Br)c1CSc1ccccc1.Cc1ccc(Br)c(CSc2ccccc2)c1C(=O)OCC[Si](C)(C)C.[3H]C.[3H]C. The fourth-order valence-corrected chi connectivity index (χ4v) is 8.25. The third-order valence-electron chi connectivity index (χ3n) is 6.86. The Morgan fingerprint density at radius 3 is 1.49 bits per heavy atom. The summed E-state index contributed by atoms with van der Waals surface area (Å²) in [5, 5.41) is 0. The minimum absolute atomic E-state index is 0.208. The van der Waals surface area contributed by atoms with Crippen molar-refractivity contribution in [3.05, 3.63) is 127 Å². The second-order valence-electron chi connectivity index (χ2n) is 11.6. The maximum Gasteiger partial charge on any atom is 0.338 e. The van der Waals surface area contributed by atoms with Gasteiger partial charge in [-0.1, -0.05) is 115 Å². The third-order valence-corrected chi connectivity index (χ3v) is 12.1. The van der Waals surface area contributed by atoms with Gasteiger partial charge in [-0.25, -0.2) is 9.59 Å². The van der Waals surface area contributed by atoms with E-state index in [9.17, 15) is 9.59 Å². The molecule has 0 aliphatic rings. The number of hydrogen-bond donors (Lipinski definition) is 0. The Labute approximate surface area is 311 Å². The molecule has 0 unspecified atom stereocenters. The van der Waals surface area contributed by atoms with Crippen molar-refractivity contribution in [2.75, 3.05) is 13.7 Å². The van der Waals surface area contributed by atoms with Gasteiger partial charge in [0.15, 0.2) is 0 Å². The summed E-state index contributed by atoms with van der Waals surface area (Å²) >= 11 is 10.6. The average molecular weight is 825 g/mol. The molecular weight excluding hydrogens is 772 g/mol. The Morgan fingerprint density at radius 1 is 0.702 bits per heavy atom. The van der Waals surface area contributed by atoms with Crippen LogP contribution in [-0.4, -0.2) is 33.7 Å². The van der Waals surface area contributed by atoms with Crippen molar-refractivity contribution in [2.45, 2.75) is 75.6 Å². The van der Waals surface area contributed by atoms with Gasteiger partial charge in [0.05, 0.1) is 24.8 Å². The Morgan fingerprint density at radius 2 is 1.11 bits per heavy atom. The van der Waals surface area contributed by atoms with Gasteiger partial charge in [0, 0.05) is 41.1 Å². The van der Waals surface area contributed by atoms with Crippen LogP contribution in [-0.2, 0) is 21.0 Å². The summed E-state index contributed by atoms with van der Waals surface area (Å²) in [6.07, 6.45) is 0. The van der Waals surface area contributed by atoms with Gasteiger partial charge in [0.2, 0.25) is 0 Å². The highest BCUT2D eigenvalue weighted by Crippen LogP contribution is 2.33. The molecule has 0 aliphatic carbocycles. The van der Waals surface area contributed by atoms with Gasteiger partial charge >= 0.3 is 11.9 Å². The number of benzene rings is 4. The fourth-order valence-electron chi connectivity index (χ4n) is 4.30. The van der Waals surface area contributed by atoms with Gasteiger partial charge in [-0.2, -0.15) is 0 Å². The molecule has 0 heterocycles. The Bertz CT molecular complexity index is 1590. The van der Waals surface area contributed by atoms with Gasteiger partial charge in [0.25, 0.3) is 0 Å². The number of carbonyl (C=O) groups excluding carboxylic acids is 2. The molecule has 0 N–H and O–H groups in total. The van der Waals surface area contributed by atoms with Crippen LogP contribution < -0.4 is 0 Å². The predicted molar refractivity (Wildman–Crippen MR) is 213 cm³/mol. The van der Waals surface area contributed by atoms with Crippen molar-refractivity contribution >= 4 is 75.4 Å². The number of halogens is 2. The van der Waals surface area contributed by atoms with Crippen molar-refractivity contribution in [1.29, 1.82) is 0 Å². The summed E-state index contributed by atoms with van der Waals surface area (Å²) in [6.45, 7) is 11.3. The molecule has 4 aromatic carbocycles. The van der Waals surface area contributed by atoms with Crippen LogP contribution in [0.25, 0.3) is 0 Å². The van der Waals surface area contributed by atoms with Crippen molar-refractivity contribution < 1.29 is 21.8 Å². The van der Waals surface area contributed by atoms with Crippen molar-refractivity contribution in [3.8, 4) is 0 Å². The highest BCUT2D eigenvalue weighted by atomic mass is 79.9. The van der Waals surface area contributed by atoms with Crippen molar-refractivity contribution in [3.63, 3.8) is 0 Å². The van der Waals surface area contributed by atoms with Crippen LogP contribution in [0, 0.1) is 13.8 Å². The molecule has 0 bridgehead atoms. The zero-order valence-electron chi connectivity index (χ0n) is 30.6. The predicted octanol–water partition coefficient (Wildman–Crippen LogP) is 12.7. The zero-order valence-corrected chi connectivity index (χ0v) is 34.4. The molecule has 0 fully saturated rings. The van der Waals surface area contributed by atoms with Crippen LogP contribution in [0.15, 0.2) is 104 Å². The molecule has 4 rings (SSSR count). The molecule has 0 saturated carbocycles. The zero-order chi connectivity index (χ0) is 37.0. The number of ether oxygens (including phenoxy) is 2. The first-order valence-corrected chi connectivity index (χ1v) is 21.8. The quantitative estimate of drug-likeness (QED) is 0.0853. The molecule has 0 amide bonds. The summed E-state index contributed by atoms with van der Waals surface area (Å²) < 4.78 is 23.9. The second kappa shape index (κ2) is 20.9. The Hall–Kier alpha value is -2.30. The van der Waals surface area contributed by atoms with E-state index in [1.807, 2.05) is 74.5 Å². The first kappa shape index (κ1) is 39.1. The highest BCUT2D eigenvalue weighted by Gasteiger charge is 2.21. The Balaban J connectivity index is 0.000000453. The second-order valence-corrected chi connectivity index (χ2v) is 21.0. The summed E-state index contributed by atoms with van der Waals surface area (Å²) in [6, 6.07) is 29.2. The van der Waals surface area contributed by atoms with E-state index in [0.29, 0.717) is 17.7 Å². The summed E-state index contributed by atoms with van der Waals surface area (Å²) in [7, 11) is 2.70. The van der Waals surface area contributed by atoms with Gasteiger partial charge < -0.3 is 9.47 Å². The first-order chi connectivity index (χ1) is 23.4. The maximum atomic E-state index is 12.7. The van der Waals surface area contributed by atoms with E-state index in [1.165, 1.54) is 31.7 Å². The number of thioether (sulfide) groups is 2. The van der Waals surface area contributed by atoms with E-state index in [4.69, 9.17) is 12.2 Å². The topological polar surface area (TPSA) is 52.6 Å². The van der Waals surface area contributed by atoms with Crippen LogP contribution in [0.3, 0.4) is 0 Å². The van der Waals surface area contributed by atoms with Crippen LogP contribution in [0.1, 0.15) is 60.5 Å². The number of hydrogen-bond acceptors (Lipinski definition) is 6. The Kier molecular flexibility index (Phi) is 17.4. The number of carbonyl (C=O) groups is 2. The minimum Gasteiger partial charge on any atom is -0.465 e. The van der Waals surface area contributed by atoms with E-state index in [1.54, 1.807) is 23.5 Å². The van der Waals surface area contributed by atoms with E-state index in [0.717, 1.165) is 48.7 Å². The molecule has 0 aromatic heterocycles. The number of methoxy groups -OCH3 is 1. The van der Waals surface area contributed by atoms with E-state index >= 15 is 0 Å². The largest absolute Gasteiger partial charge is 0.465 e. The summed E-state index contributed by atoms with van der Waals surface area (Å²) in [4.78, 5) is 27.0. The molecule has 9 heteroatoms. The normalized spacial score (nSPS) is 10.8. The maximum absolute atomic E-state index is 12.7.